The lowest BCUT2D eigenvalue weighted by molar-refractivity contribution is -0.0557. The van der Waals surface area contributed by atoms with E-state index < -0.39 is 13.0 Å². The van der Waals surface area contributed by atoms with E-state index in [1.54, 1.807) is 17.6 Å². The summed E-state index contributed by atoms with van der Waals surface area (Å²) < 4.78 is 35.5. The van der Waals surface area contributed by atoms with Gasteiger partial charge in [0.1, 0.15) is 11.3 Å². The van der Waals surface area contributed by atoms with Gasteiger partial charge in [0.2, 0.25) is 5.95 Å². The normalized spacial score (nSPS) is 20.4. The van der Waals surface area contributed by atoms with E-state index in [1.807, 2.05) is 30.5 Å². The minimum absolute atomic E-state index is 0. The van der Waals surface area contributed by atoms with Gasteiger partial charge in [-0.3, -0.25) is 0 Å². The third kappa shape index (κ3) is 4.95. The van der Waals surface area contributed by atoms with Crippen molar-refractivity contribution in [3.05, 3.63) is 49.1 Å². The molecule has 0 saturated heterocycles. The van der Waals surface area contributed by atoms with E-state index in [4.69, 9.17) is 4.74 Å². The van der Waals surface area contributed by atoms with Crippen molar-refractivity contribution in [2.45, 2.75) is 70.6 Å². The first-order valence-electron chi connectivity index (χ1n) is 12.3. The number of aryl methyl sites for hydroxylation is 1. The zero-order valence-electron chi connectivity index (χ0n) is 20.6. The van der Waals surface area contributed by atoms with Crippen LogP contribution in [0.4, 0.5) is 14.7 Å². The number of fused-ring (bicyclic) bond motifs is 2. The molecule has 4 aromatic rings. The molecule has 5 rings (SSSR count). The van der Waals surface area contributed by atoms with Crippen LogP contribution in [0.3, 0.4) is 0 Å². The van der Waals surface area contributed by atoms with Gasteiger partial charge in [-0.1, -0.05) is 6.08 Å². The van der Waals surface area contributed by atoms with E-state index in [9.17, 15) is 8.78 Å². The zero-order valence-corrected chi connectivity index (χ0v) is 20.6. The maximum absolute atomic E-state index is 13.1. The van der Waals surface area contributed by atoms with Crippen LogP contribution >= 0.6 is 0 Å². The highest BCUT2D eigenvalue weighted by atomic mass is 19.3. The summed E-state index contributed by atoms with van der Waals surface area (Å²) in [6, 6.07) is 5.86. The van der Waals surface area contributed by atoms with Gasteiger partial charge in [0.25, 0.3) is 6.43 Å². The van der Waals surface area contributed by atoms with Crippen molar-refractivity contribution in [2.24, 2.45) is 0 Å². The standard InChI is InChI=1S/C26H31F2N7O.H2/c1-4-5-14-36-26(3)11-8-18(9-12-26)31-25-29-15-22-19(10-13-35(22)33-25)20-6-7-21-24(32-20)34(16-23(27)28)17(2)30-21;/h4,6-7,10,13,15,18,23H,1,5,8-9,11-12,14,16H2,2-3H3,(H,31,33);1H. The summed E-state index contributed by atoms with van der Waals surface area (Å²) in [6.45, 7) is 7.92. The molecule has 0 atom stereocenters. The van der Waals surface area contributed by atoms with Gasteiger partial charge in [0.05, 0.1) is 36.2 Å². The van der Waals surface area contributed by atoms with Gasteiger partial charge in [-0.2, -0.15) is 0 Å². The van der Waals surface area contributed by atoms with Crippen LogP contribution in [-0.2, 0) is 11.3 Å². The second kappa shape index (κ2) is 9.93. The SMILES string of the molecule is C=CCCOC1(C)CCC(Nc2ncc3c(-c4ccc5nc(C)n(CC(F)F)c5n4)ccn3n2)CC1.[HH]. The molecule has 4 aromatic heterocycles. The lowest BCUT2D eigenvalue weighted by Gasteiger charge is -2.37. The topological polar surface area (TPSA) is 82.2 Å². The number of halogens is 2. The molecular weight excluding hydrogens is 464 g/mol. The van der Waals surface area contributed by atoms with Crippen LogP contribution in [0.15, 0.2) is 43.2 Å². The number of hydrogen-bond acceptors (Lipinski definition) is 6. The van der Waals surface area contributed by atoms with E-state index in [-0.39, 0.29) is 13.1 Å². The first-order valence-corrected chi connectivity index (χ1v) is 12.3. The summed E-state index contributed by atoms with van der Waals surface area (Å²) in [6.07, 6.45) is 7.82. The Labute approximate surface area is 209 Å². The van der Waals surface area contributed by atoms with E-state index in [0.717, 1.165) is 43.2 Å². The van der Waals surface area contributed by atoms with Gasteiger partial charge in [0.15, 0.2) is 5.65 Å². The first kappa shape index (κ1) is 24.3. The average molecular weight is 498 g/mol. The molecule has 1 aliphatic carbocycles. The van der Waals surface area contributed by atoms with Crippen LogP contribution < -0.4 is 5.32 Å². The van der Waals surface area contributed by atoms with Crippen LogP contribution in [0.1, 0.15) is 46.3 Å². The Morgan fingerprint density at radius 1 is 1.28 bits per heavy atom. The molecule has 0 amide bonds. The molecule has 0 radical (unpaired) electrons. The number of imidazole rings is 1. The second-order valence-electron chi connectivity index (χ2n) is 9.64. The number of rotatable bonds is 9. The molecule has 1 saturated carbocycles. The van der Waals surface area contributed by atoms with Gasteiger partial charge in [-0.05, 0) is 64.2 Å². The van der Waals surface area contributed by atoms with Crippen LogP contribution in [-0.4, -0.2) is 53.8 Å². The van der Waals surface area contributed by atoms with Crippen molar-refractivity contribution in [3.63, 3.8) is 0 Å². The summed E-state index contributed by atoms with van der Waals surface area (Å²) in [7, 11) is 0. The summed E-state index contributed by atoms with van der Waals surface area (Å²) in [4.78, 5) is 13.6. The summed E-state index contributed by atoms with van der Waals surface area (Å²) in [5.74, 6) is 1.09. The number of pyridine rings is 1. The largest absolute Gasteiger partial charge is 0.375 e. The number of nitrogens with zero attached hydrogens (tertiary/aromatic N) is 6. The highest BCUT2D eigenvalue weighted by Gasteiger charge is 2.32. The molecule has 10 heteroatoms. The van der Waals surface area contributed by atoms with Crippen molar-refractivity contribution >= 4 is 22.6 Å². The molecular formula is C26H33F2N7O. The van der Waals surface area contributed by atoms with E-state index >= 15 is 0 Å². The molecule has 1 fully saturated rings. The fourth-order valence-corrected chi connectivity index (χ4v) is 4.89. The lowest BCUT2D eigenvalue weighted by Crippen LogP contribution is -2.38. The van der Waals surface area contributed by atoms with Crippen molar-refractivity contribution in [3.8, 4) is 11.3 Å². The van der Waals surface area contributed by atoms with Gasteiger partial charge in [-0.15, -0.1) is 11.7 Å². The van der Waals surface area contributed by atoms with Crippen molar-refractivity contribution in [1.82, 2.24) is 29.1 Å². The van der Waals surface area contributed by atoms with Gasteiger partial charge in [-0.25, -0.2) is 28.2 Å². The van der Waals surface area contributed by atoms with Crippen molar-refractivity contribution < 1.29 is 14.9 Å². The number of alkyl halides is 2. The Kier molecular flexibility index (Phi) is 6.70. The van der Waals surface area contributed by atoms with Gasteiger partial charge in [0, 0.05) is 19.2 Å². The van der Waals surface area contributed by atoms with Crippen LogP contribution in [0.25, 0.3) is 27.9 Å². The number of anilines is 1. The number of aromatic nitrogens is 6. The lowest BCUT2D eigenvalue weighted by atomic mass is 9.83. The van der Waals surface area contributed by atoms with E-state index in [0.29, 0.717) is 35.2 Å². The predicted molar refractivity (Wildman–Crippen MR) is 137 cm³/mol. The monoisotopic (exact) mass is 497 g/mol. The molecule has 0 aliphatic heterocycles. The minimum Gasteiger partial charge on any atom is -0.375 e. The molecule has 0 bridgehead atoms. The van der Waals surface area contributed by atoms with E-state index in [2.05, 4.69) is 38.9 Å². The molecule has 0 unspecified atom stereocenters. The minimum atomic E-state index is -2.48. The van der Waals surface area contributed by atoms with Gasteiger partial charge < -0.3 is 14.6 Å². The number of ether oxygens (including phenoxy) is 1. The number of hydrogen-bond donors (Lipinski definition) is 1. The molecule has 4 heterocycles. The third-order valence-electron chi connectivity index (χ3n) is 6.95. The molecule has 0 aromatic carbocycles. The first-order chi connectivity index (χ1) is 17.3. The second-order valence-corrected chi connectivity index (χ2v) is 9.64. The Balaban J connectivity index is 0.00000320. The Morgan fingerprint density at radius 3 is 2.83 bits per heavy atom. The molecule has 1 aliphatic rings. The average Bonchev–Trinajstić information content (AvgIpc) is 3.41. The quantitative estimate of drug-likeness (QED) is 0.237. The molecule has 8 nitrogen and oxygen atoms in total. The van der Waals surface area contributed by atoms with Crippen LogP contribution in [0.5, 0.6) is 0 Å². The molecule has 36 heavy (non-hydrogen) atoms. The summed E-state index contributed by atoms with van der Waals surface area (Å²) in [5.41, 5.74) is 3.23. The summed E-state index contributed by atoms with van der Waals surface area (Å²) >= 11 is 0. The number of nitrogens with one attached hydrogen (secondary N) is 1. The molecule has 192 valence electrons. The highest BCUT2D eigenvalue weighted by Crippen LogP contribution is 2.33. The van der Waals surface area contributed by atoms with Crippen molar-refractivity contribution in [1.29, 1.82) is 0 Å². The summed E-state index contributed by atoms with van der Waals surface area (Å²) in [5, 5.41) is 8.11. The zero-order chi connectivity index (χ0) is 25.3. The van der Waals surface area contributed by atoms with Crippen molar-refractivity contribution in [2.75, 3.05) is 11.9 Å². The molecule has 0 spiro atoms. The van der Waals surface area contributed by atoms with E-state index in [1.165, 1.54) is 4.57 Å². The fourth-order valence-electron chi connectivity index (χ4n) is 4.89. The maximum Gasteiger partial charge on any atom is 0.256 e. The van der Waals surface area contributed by atoms with Crippen LogP contribution in [0, 0.1) is 6.92 Å². The third-order valence-corrected chi connectivity index (χ3v) is 6.95. The van der Waals surface area contributed by atoms with Gasteiger partial charge >= 0.3 is 0 Å². The predicted octanol–water partition coefficient (Wildman–Crippen LogP) is 5.67. The highest BCUT2D eigenvalue weighted by molar-refractivity contribution is 5.82. The Bertz CT molecular complexity index is 1380. The van der Waals surface area contributed by atoms with Crippen LogP contribution in [0.2, 0.25) is 0 Å². The smallest absolute Gasteiger partial charge is 0.256 e. The Morgan fingerprint density at radius 2 is 2.08 bits per heavy atom. The maximum atomic E-state index is 13.1. The molecule has 1 N–H and O–H groups in total. The Hall–Kier alpha value is -3.40. The fraction of sp³-hybridized carbons (Fsp3) is 0.462.